The van der Waals surface area contributed by atoms with Crippen molar-refractivity contribution in [1.82, 2.24) is 0 Å². The second-order valence-electron chi connectivity index (χ2n) is 6.36. The maximum Gasteiger partial charge on any atom is 1.00 e. The molecule has 0 heterocycles. The summed E-state index contributed by atoms with van der Waals surface area (Å²) in [4.78, 5) is 0. The van der Waals surface area contributed by atoms with Gasteiger partial charge in [-0.2, -0.15) is 0 Å². The number of hydrogen-bond donors (Lipinski definition) is 1. The largest absolute Gasteiger partial charge is 1.00 e. The zero-order valence-corrected chi connectivity index (χ0v) is 19.4. The minimum absolute atomic E-state index is 0. The molecule has 0 spiro atoms. The molecule has 23 heavy (non-hydrogen) atoms. The number of aliphatic hydroxyl groups is 1. The van der Waals surface area contributed by atoms with E-state index in [2.05, 4.69) is 6.92 Å². The van der Waals surface area contributed by atoms with Crippen LogP contribution >= 0.6 is 0 Å². The van der Waals surface area contributed by atoms with Crippen LogP contribution in [0.3, 0.4) is 0 Å². The molecule has 0 rings (SSSR count). The Morgan fingerprint density at radius 1 is 0.783 bits per heavy atom. The summed E-state index contributed by atoms with van der Waals surface area (Å²) in [7, 11) is -4.40. The maximum absolute atomic E-state index is 11.2. The second kappa shape index (κ2) is 16.9. The molecule has 0 bridgehead atoms. The first-order valence-corrected chi connectivity index (χ1v) is 10.5. The molecule has 0 aliphatic rings. The first kappa shape index (κ1) is 26.7. The number of unbranched alkanes of at least 4 members (excludes halogenated alkanes) is 9. The second-order valence-corrected chi connectivity index (χ2v) is 7.95. The predicted molar refractivity (Wildman–Crippen MR) is 90.9 cm³/mol. The molecule has 0 aliphatic heterocycles. The molecule has 4 nitrogen and oxygen atoms in total. The molecule has 0 fully saturated rings. The van der Waals surface area contributed by atoms with Crippen molar-refractivity contribution in [3.05, 3.63) is 0 Å². The van der Waals surface area contributed by atoms with Crippen molar-refractivity contribution in [2.24, 2.45) is 0 Å². The third-order valence-corrected chi connectivity index (χ3v) is 5.54. The summed E-state index contributed by atoms with van der Waals surface area (Å²) < 4.78 is 33.7. The molecule has 0 saturated heterocycles. The molecule has 0 amide bonds. The van der Waals surface area contributed by atoms with Gasteiger partial charge in [-0.1, -0.05) is 84.5 Å². The summed E-state index contributed by atoms with van der Waals surface area (Å²) in [6.45, 7) is 4.16. The van der Waals surface area contributed by atoms with Gasteiger partial charge in [0.2, 0.25) is 0 Å². The fourth-order valence-corrected chi connectivity index (χ4v) is 3.76. The Morgan fingerprint density at radius 2 is 1.22 bits per heavy atom. The van der Waals surface area contributed by atoms with Crippen molar-refractivity contribution in [2.45, 2.75) is 109 Å². The van der Waals surface area contributed by atoms with Gasteiger partial charge in [-0.15, -0.1) is 0 Å². The van der Waals surface area contributed by atoms with Crippen molar-refractivity contribution in [1.29, 1.82) is 0 Å². The van der Waals surface area contributed by atoms with Gasteiger partial charge in [-0.3, -0.25) is 0 Å². The Labute approximate surface area is 186 Å². The molecule has 134 valence electrons. The van der Waals surface area contributed by atoms with Gasteiger partial charge >= 0.3 is 51.4 Å². The quantitative estimate of drug-likeness (QED) is 0.267. The van der Waals surface area contributed by atoms with E-state index in [1.54, 1.807) is 0 Å². The topological polar surface area (TPSA) is 77.4 Å². The van der Waals surface area contributed by atoms with Gasteiger partial charge in [0.25, 0.3) is 0 Å². The van der Waals surface area contributed by atoms with Crippen LogP contribution in [0.1, 0.15) is 97.3 Å². The van der Waals surface area contributed by atoms with Crippen molar-refractivity contribution >= 4 is 10.1 Å². The van der Waals surface area contributed by atoms with Gasteiger partial charge in [0, 0.05) is 0 Å². The third-order valence-electron chi connectivity index (χ3n) is 4.25. The van der Waals surface area contributed by atoms with Gasteiger partial charge in [0.05, 0.1) is 11.4 Å². The van der Waals surface area contributed by atoms with Crippen LogP contribution in [-0.2, 0) is 10.1 Å². The van der Waals surface area contributed by atoms with Gasteiger partial charge in [0.1, 0.15) is 10.1 Å². The molecular weight excluding hydrogens is 339 g/mol. The first-order chi connectivity index (χ1) is 10.4. The fraction of sp³-hybridized carbons (Fsp3) is 1.00. The normalized spacial score (nSPS) is 14.3. The van der Waals surface area contributed by atoms with Crippen molar-refractivity contribution in [3.63, 3.8) is 0 Å². The zero-order chi connectivity index (χ0) is 16.8. The summed E-state index contributed by atoms with van der Waals surface area (Å²) >= 11 is 0. The fourth-order valence-electron chi connectivity index (χ4n) is 2.78. The monoisotopic (exact) mass is 374 g/mol. The van der Waals surface area contributed by atoms with Crippen LogP contribution in [0.2, 0.25) is 0 Å². The van der Waals surface area contributed by atoms with Crippen LogP contribution in [0.15, 0.2) is 0 Å². The summed E-state index contributed by atoms with van der Waals surface area (Å²) in [5.41, 5.74) is 0. The van der Waals surface area contributed by atoms with E-state index in [0.29, 0.717) is 12.8 Å². The molecule has 0 aromatic carbocycles. The number of aliphatic hydroxyl groups excluding tert-OH is 1. The van der Waals surface area contributed by atoms with Gasteiger partial charge in [-0.25, -0.2) is 8.42 Å². The van der Waals surface area contributed by atoms with Crippen molar-refractivity contribution in [3.8, 4) is 0 Å². The molecular formula is C17H35KO4S. The van der Waals surface area contributed by atoms with Crippen LogP contribution in [0.25, 0.3) is 0 Å². The van der Waals surface area contributed by atoms with Crippen LogP contribution in [0.5, 0.6) is 0 Å². The van der Waals surface area contributed by atoms with Crippen LogP contribution in [0.4, 0.5) is 0 Å². The first-order valence-electron chi connectivity index (χ1n) is 9.06. The standard InChI is InChI=1S/C17H36O4S.K/c1-3-5-7-8-9-10-11-12-13-14-16(18)17(15-6-4-2)22(19,20)21;/h16-18H,3-15H2,1-2H3,(H,19,20,21);/q;+1/p-1. The molecule has 0 aromatic heterocycles. The smallest absolute Gasteiger partial charge is 0.748 e. The Kier molecular flexibility index (Phi) is 19.7. The maximum atomic E-state index is 11.2. The Bertz CT molecular complexity index is 347. The summed E-state index contributed by atoms with van der Waals surface area (Å²) in [5, 5.41) is 8.87. The summed E-state index contributed by atoms with van der Waals surface area (Å²) in [6, 6.07) is 0. The molecule has 0 saturated carbocycles. The van der Waals surface area contributed by atoms with E-state index in [-0.39, 0.29) is 57.8 Å². The molecule has 1 N–H and O–H groups in total. The van der Waals surface area contributed by atoms with E-state index in [1.165, 1.54) is 38.5 Å². The summed E-state index contributed by atoms with van der Waals surface area (Å²) in [5.74, 6) is 0. The Morgan fingerprint density at radius 3 is 1.65 bits per heavy atom. The molecule has 2 unspecified atom stereocenters. The van der Waals surface area contributed by atoms with Gasteiger partial charge in [-0.05, 0) is 12.8 Å². The minimum atomic E-state index is -4.40. The Balaban J connectivity index is 0. The van der Waals surface area contributed by atoms with E-state index in [1.807, 2.05) is 6.92 Å². The molecule has 0 aliphatic carbocycles. The SMILES string of the molecule is CCCCCCCCCCCC(O)C(CCCC)S(=O)(=O)[O-].[K+]. The van der Waals surface area contributed by atoms with E-state index in [0.717, 1.165) is 25.7 Å². The van der Waals surface area contributed by atoms with E-state index in [9.17, 15) is 18.1 Å². The predicted octanol–water partition coefficient (Wildman–Crippen LogP) is 1.38. The van der Waals surface area contributed by atoms with Crippen LogP contribution in [0, 0.1) is 0 Å². The van der Waals surface area contributed by atoms with Gasteiger partial charge < -0.3 is 9.66 Å². The molecule has 0 aromatic rings. The third kappa shape index (κ3) is 15.5. The molecule has 2 atom stereocenters. The zero-order valence-electron chi connectivity index (χ0n) is 15.4. The minimum Gasteiger partial charge on any atom is -0.748 e. The average molecular weight is 375 g/mol. The Hall–Kier alpha value is 1.51. The van der Waals surface area contributed by atoms with E-state index in [4.69, 9.17) is 0 Å². The van der Waals surface area contributed by atoms with E-state index >= 15 is 0 Å². The van der Waals surface area contributed by atoms with Crippen LogP contribution < -0.4 is 51.4 Å². The van der Waals surface area contributed by atoms with E-state index < -0.39 is 21.5 Å². The average Bonchev–Trinajstić information content (AvgIpc) is 2.44. The molecule has 6 heteroatoms. The van der Waals surface area contributed by atoms with Crippen molar-refractivity contribution in [2.75, 3.05) is 0 Å². The molecule has 0 radical (unpaired) electrons. The van der Waals surface area contributed by atoms with Gasteiger partial charge in [0.15, 0.2) is 0 Å². The number of rotatable bonds is 15. The summed E-state index contributed by atoms with van der Waals surface area (Å²) in [6.07, 6.45) is 11.8. The van der Waals surface area contributed by atoms with Crippen LogP contribution in [-0.4, -0.2) is 29.4 Å². The number of hydrogen-bond acceptors (Lipinski definition) is 4. The van der Waals surface area contributed by atoms with Crippen molar-refractivity contribution < 1.29 is 69.5 Å².